The van der Waals surface area contributed by atoms with Gasteiger partial charge in [0.1, 0.15) is 6.17 Å². The van der Waals surface area contributed by atoms with Crippen LogP contribution in [0.5, 0.6) is 0 Å². The zero-order chi connectivity index (χ0) is 21.8. The van der Waals surface area contributed by atoms with Gasteiger partial charge >= 0.3 is 0 Å². The molecule has 0 fully saturated rings. The first-order valence-corrected chi connectivity index (χ1v) is 9.85. The van der Waals surface area contributed by atoms with Gasteiger partial charge in [0.2, 0.25) is 3.79 Å². The van der Waals surface area contributed by atoms with Crippen LogP contribution in [0.15, 0.2) is 42.5 Å². The molecule has 29 heavy (non-hydrogen) atoms. The number of hydrogen-bond donors (Lipinski definition) is 3. The highest BCUT2D eigenvalue weighted by Crippen LogP contribution is 2.30. The Morgan fingerprint density at radius 2 is 1.83 bits per heavy atom. The van der Waals surface area contributed by atoms with E-state index in [2.05, 4.69) is 16.0 Å². The fraction of sp³-hybridized carbons (Fsp3) is 0.176. The molecule has 2 aromatic carbocycles. The highest BCUT2D eigenvalue weighted by atomic mass is 35.6. The molecule has 0 heterocycles. The van der Waals surface area contributed by atoms with Gasteiger partial charge in [-0.05, 0) is 36.8 Å². The van der Waals surface area contributed by atoms with Gasteiger partial charge in [0.05, 0.1) is 15.6 Å². The van der Waals surface area contributed by atoms with Crippen LogP contribution in [0.4, 0.5) is 11.4 Å². The Hall–Kier alpha value is -1.84. The number of nitrogens with one attached hydrogen (secondary N) is 3. The number of halogens is 4. The third-order valence-electron chi connectivity index (χ3n) is 3.68. The highest BCUT2D eigenvalue weighted by Gasteiger charge is 2.35. The van der Waals surface area contributed by atoms with Crippen LogP contribution in [0.1, 0.15) is 15.9 Å². The average Bonchev–Trinajstić information content (AvgIpc) is 2.62. The van der Waals surface area contributed by atoms with Crippen LogP contribution in [0, 0.1) is 17.0 Å². The molecular formula is C17H14Cl4N4O3S. The van der Waals surface area contributed by atoms with Crippen molar-refractivity contribution >= 4 is 81.0 Å². The summed E-state index contributed by atoms with van der Waals surface area (Å²) in [7, 11) is 0. The number of anilines is 1. The minimum absolute atomic E-state index is 0.0258. The average molecular weight is 496 g/mol. The lowest BCUT2D eigenvalue weighted by atomic mass is 10.1. The zero-order valence-corrected chi connectivity index (χ0v) is 18.6. The number of non-ortho nitro benzene ring substituents is 1. The lowest BCUT2D eigenvalue weighted by molar-refractivity contribution is -0.384. The van der Waals surface area contributed by atoms with Crippen LogP contribution in [-0.2, 0) is 0 Å². The van der Waals surface area contributed by atoms with Crippen molar-refractivity contribution in [3.8, 4) is 0 Å². The molecule has 0 aliphatic carbocycles. The number of carbonyl (C=O) groups excluding carboxylic acids is 1. The minimum Gasteiger partial charge on any atom is -0.339 e. The number of nitrogens with zero attached hydrogens (tertiary/aromatic N) is 1. The fourth-order valence-electron chi connectivity index (χ4n) is 2.24. The topological polar surface area (TPSA) is 96.3 Å². The van der Waals surface area contributed by atoms with Crippen LogP contribution in [0.25, 0.3) is 0 Å². The monoisotopic (exact) mass is 494 g/mol. The van der Waals surface area contributed by atoms with Crippen LogP contribution >= 0.6 is 58.6 Å². The molecule has 0 radical (unpaired) electrons. The smallest absolute Gasteiger partial charge is 0.271 e. The molecule has 154 valence electrons. The van der Waals surface area contributed by atoms with Crippen LogP contribution in [0.3, 0.4) is 0 Å². The minimum atomic E-state index is -1.94. The van der Waals surface area contributed by atoms with Crippen molar-refractivity contribution in [1.82, 2.24) is 10.6 Å². The van der Waals surface area contributed by atoms with Gasteiger partial charge in [-0.1, -0.05) is 64.6 Å². The maximum atomic E-state index is 12.5. The molecule has 7 nitrogen and oxygen atoms in total. The molecule has 0 aromatic heterocycles. The molecule has 0 aliphatic heterocycles. The summed E-state index contributed by atoms with van der Waals surface area (Å²) in [5.74, 6) is -0.469. The Labute approximate surface area is 191 Å². The molecule has 0 spiro atoms. The largest absolute Gasteiger partial charge is 0.339 e. The molecule has 2 aromatic rings. The summed E-state index contributed by atoms with van der Waals surface area (Å²) in [5.41, 5.74) is 1.27. The molecule has 0 saturated heterocycles. The molecule has 3 N–H and O–H groups in total. The third kappa shape index (κ3) is 6.58. The second-order valence-electron chi connectivity index (χ2n) is 5.78. The number of alkyl halides is 3. The van der Waals surface area contributed by atoms with Gasteiger partial charge < -0.3 is 16.0 Å². The van der Waals surface area contributed by atoms with E-state index in [1.165, 1.54) is 18.2 Å². The number of rotatable bonds is 5. The molecule has 0 aliphatic rings. The van der Waals surface area contributed by atoms with Gasteiger partial charge in [0, 0.05) is 17.7 Å². The van der Waals surface area contributed by atoms with Crippen LogP contribution in [0.2, 0.25) is 5.02 Å². The van der Waals surface area contributed by atoms with Gasteiger partial charge in [0.25, 0.3) is 11.6 Å². The molecule has 1 unspecified atom stereocenters. The van der Waals surface area contributed by atoms with Crippen molar-refractivity contribution in [2.45, 2.75) is 16.9 Å². The van der Waals surface area contributed by atoms with Crippen molar-refractivity contribution in [3.05, 3.63) is 68.7 Å². The SMILES string of the molecule is Cc1ccccc1C(=O)NC(NC(=S)Nc1ccc([N+](=O)[O-])cc1Cl)C(Cl)(Cl)Cl. The first kappa shape index (κ1) is 23.4. The number of nitro benzene ring substituents is 1. The van der Waals surface area contributed by atoms with E-state index in [-0.39, 0.29) is 15.8 Å². The summed E-state index contributed by atoms with van der Waals surface area (Å²) in [4.78, 5) is 22.8. The number of carbonyl (C=O) groups is 1. The molecule has 2 rings (SSSR count). The van der Waals surface area contributed by atoms with Crippen molar-refractivity contribution in [2.24, 2.45) is 0 Å². The first-order chi connectivity index (χ1) is 13.5. The van der Waals surface area contributed by atoms with Crippen molar-refractivity contribution < 1.29 is 9.72 Å². The normalized spacial score (nSPS) is 12.0. The molecule has 0 saturated carbocycles. The number of nitro groups is 1. The number of thiocarbonyl (C=S) groups is 1. The zero-order valence-electron chi connectivity index (χ0n) is 14.7. The predicted octanol–water partition coefficient (Wildman–Crippen LogP) is 4.97. The highest BCUT2D eigenvalue weighted by molar-refractivity contribution is 7.80. The van der Waals surface area contributed by atoms with E-state index in [4.69, 9.17) is 58.6 Å². The predicted molar refractivity (Wildman–Crippen MR) is 120 cm³/mol. The van der Waals surface area contributed by atoms with Crippen molar-refractivity contribution in [1.29, 1.82) is 0 Å². The van der Waals surface area contributed by atoms with Gasteiger partial charge in [-0.2, -0.15) is 0 Å². The number of hydrogen-bond acceptors (Lipinski definition) is 4. The summed E-state index contributed by atoms with van der Waals surface area (Å²) in [6.07, 6.45) is -1.18. The fourth-order valence-corrected chi connectivity index (χ4v) is 3.02. The first-order valence-electron chi connectivity index (χ1n) is 7.93. The summed E-state index contributed by atoms with van der Waals surface area (Å²) in [5, 5.41) is 18.8. The maximum absolute atomic E-state index is 12.5. The number of aryl methyl sites for hydroxylation is 1. The second kappa shape index (κ2) is 9.77. The van der Waals surface area contributed by atoms with Crippen LogP contribution in [-0.4, -0.2) is 25.9 Å². The van der Waals surface area contributed by atoms with Crippen molar-refractivity contribution in [2.75, 3.05) is 5.32 Å². The Morgan fingerprint density at radius 1 is 1.17 bits per heavy atom. The molecule has 1 amide bonds. The molecule has 1 atom stereocenters. The Kier molecular flexibility index (Phi) is 7.90. The van der Waals surface area contributed by atoms with Crippen LogP contribution < -0.4 is 16.0 Å². The van der Waals surface area contributed by atoms with E-state index in [0.717, 1.165) is 5.56 Å². The van der Waals surface area contributed by atoms with Crippen molar-refractivity contribution in [3.63, 3.8) is 0 Å². The standard InChI is InChI=1S/C17H14Cl4N4O3S/c1-9-4-2-3-5-11(9)14(26)23-15(17(19,20)21)24-16(29)22-13-7-6-10(25(27)28)8-12(13)18/h2-8,15H,1H3,(H,23,26)(H2,22,24,29). The van der Waals surface area contributed by atoms with Gasteiger partial charge in [-0.3, -0.25) is 14.9 Å². The lowest BCUT2D eigenvalue weighted by Gasteiger charge is -2.28. The molecule has 0 bridgehead atoms. The number of benzene rings is 2. The Balaban J connectivity index is 2.12. The third-order valence-corrected chi connectivity index (χ3v) is 4.87. The summed E-state index contributed by atoms with van der Waals surface area (Å²) < 4.78 is -1.94. The molecular weight excluding hydrogens is 482 g/mol. The second-order valence-corrected chi connectivity index (χ2v) is 8.97. The van der Waals surface area contributed by atoms with E-state index in [0.29, 0.717) is 11.3 Å². The molecule has 12 heteroatoms. The summed E-state index contributed by atoms with van der Waals surface area (Å²) in [6.45, 7) is 1.77. The maximum Gasteiger partial charge on any atom is 0.271 e. The van der Waals surface area contributed by atoms with E-state index in [1.54, 1.807) is 31.2 Å². The Morgan fingerprint density at radius 3 is 2.38 bits per heavy atom. The van der Waals surface area contributed by atoms with Gasteiger partial charge in [0.15, 0.2) is 5.11 Å². The van der Waals surface area contributed by atoms with Gasteiger partial charge in [-0.25, -0.2) is 0 Å². The summed E-state index contributed by atoms with van der Waals surface area (Å²) in [6, 6.07) is 10.7. The van der Waals surface area contributed by atoms with E-state index in [1.807, 2.05) is 0 Å². The number of amides is 1. The van der Waals surface area contributed by atoms with E-state index >= 15 is 0 Å². The van der Waals surface area contributed by atoms with E-state index < -0.39 is 20.8 Å². The Bertz CT molecular complexity index is 953. The quantitative estimate of drug-likeness (QED) is 0.178. The van der Waals surface area contributed by atoms with E-state index in [9.17, 15) is 14.9 Å². The summed E-state index contributed by atoms with van der Waals surface area (Å²) >= 11 is 29.1. The lowest BCUT2D eigenvalue weighted by Crippen LogP contribution is -2.56. The van der Waals surface area contributed by atoms with Gasteiger partial charge in [-0.15, -0.1) is 0 Å².